The molecule has 2 rings (SSSR count). The Bertz CT molecular complexity index is 476. The number of β-amino-alcohol motifs (C(OH)–C–C–N with tert-alkyl or cyclic N) is 1. The second-order valence-electron chi connectivity index (χ2n) is 4.83. The molecule has 0 radical (unpaired) electrons. The van der Waals surface area contributed by atoms with E-state index in [9.17, 15) is 9.90 Å². The number of aliphatic hydroxyl groups excluding tert-OH is 1. The number of hydrogen-bond acceptors (Lipinski definition) is 5. The van der Waals surface area contributed by atoms with E-state index in [1.165, 1.54) is 6.33 Å². The van der Waals surface area contributed by atoms with Crippen LogP contribution in [0.2, 0.25) is 0 Å². The third-order valence-corrected chi connectivity index (χ3v) is 3.99. The Morgan fingerprint density at radius 1 is 1.67 bits per heavy atom. The van der Waals surface area contributed by atoms with Gasteiger partial charge in [-0.25, -0.2) is 4.98 Å². The first kappa shape index (κ1) is 13.8. The summed E-state index contributed by atoms with van der Waals surface area (Å²) in [6, 6.07) is 0.192. The zero-order chi connectivity index (χ0) is 13.3. The maximum atomic E-state index is 11.6. The van der Waals surface area contributed by atoms with Crippen LogP contribution in [0.25, 0.3) is 0 Å². The predicted octanol–water partition coefficient (Wildman–Crippen LogP) is -0.124. The molecule has 2 atom stereocenters. The molecule has 0 saturated carbocycles. The zero-order valence-electron chi connectivity index (χ0n) is 10.4. The van der Waals surface area contributed by atoms with Crippen LogP contribution in [0.15, 0.2) is 11.1 Å². The summed E-state index contributed by atoms with van der Waals surface area (Å²) in [5.74, 6) is 0.669. The fourth-order valence-electron chi connectivity index (χ4n) is 2.32. The summed E-state index contributed by atoms with van der Waals surface area (Å²) in [6.45, 7) is 1.37. The molecule has 0 aliphatic carbocycles. The lowest BCUT2D eigenvalue weighted by Crippen LogP contribution is -2.39. The molecule has 100 valence electrons. The van der Waals surface area contributed by atoms with Crippen LogP contribution >= 0.6 is 22.6 Å². The number of H-pyrrole nitrogens is 1. The zero-order valence-corrected chi connectivity index (χ0v) is 12.6. The number of aromatic amines is 1. The fraction of sp³-hybridized carbons (Fsp3) is 0.636. The van der Waals surface area contributed by atoms with Gasteiger partial charge in [-0.05, 0) is 43.1 Å². The molecule has 18 heavy (non-hydrogen) atoms. The van der Waals surface area contributed by atoms with E-state index in [1.807, 2.05) is 41.6 Å². The molecular weight excluding hydrogens is 347 g/mol. The minimum Gasteiger partial charge on any atom is -0.391 e. The number of rotatable bonds is 3. The standard InChI is InChI=1S/C11H17IN4O2/c1-15(2)4-7-3-8(17)5-16(7)10-9(12)11(18)14-6-13-10/h6-8,17H,3-5H2,1-2H3,(H,13,14,18). The molecule has 2 heterocycles. The SMILES string of the molecule is CN(C)CC1CC(O)CN1c1nc[nH]c(=O)c1I. The maximum Gasteiger partial charge on any atom is 0.266 e. The lowest BCUT2D eigenvalue weighted by molar-refractivity contribution is 0.191. The van der Waals surface area contributed by atoms with Crippen molar-refractivity contribution in [3.05, 3.63) is 20.3 Å². The lowest BCUT2D eigenvalue weighted by atomic mass is 10.2. The van der Waals surface area contributed by atoms with Gasteiger partial charge in [-0.15, -0.1) is 0 Å². The summed E-state index contributed by atoms with van der Waals surface area (Å²) in [4.78, 5) is 22.5. The van der Waals surface area contributed by atoms with Crippen molar-refractivity contribution in [2.75, 3.05) is 32.1 Å². The largest absolute Gasteiger partial charge is 0.391 e. The van der Waals surface area contributed by atoms with Gasteiger partial charge < -0.3 is 19.9 Å². The smallest absolute Gasteiger partial charge is 0.266 e. The van der Waals surface area contributed by atoms with Crippen molar-refractivity contribution in [3.63, 3.8) is 0 Å². The van der Waals surface area contributed by atoms with Crippen LogP contribution in [0, 0.1) is 3.57 Å². The van der Waals surface area contributed by atoms with Gasteiger partial charge in [0.1, 0.15) is 9.39 Å². The predicted molar refractivity (Wildman–Crippen MR) is 77.9 cm³/mol. The van der Waals surface area contributed by atoms with E-state index >= 15 is 0 Å². The number of nitrogens with one attached hydrogen (secondary N) is 1. The molecule has 0 amide bonds. The third-order valence-electron chi connectivity index (χ3n) is 3.02. The number of hydrogen-bond donors (Lipinski definition) is 2. The number of likely N-dealkylation sites (N-methyl/N-ethyl adjacent to an activating group) is 1. The van der Waals surface area contributed by atoms with Crippen LogP contribution < -0.4 is 10.5 Å². The quantitative estimate of drug-likeness (QED) is 0.732. The summed E-state index contributed by atoms with van der Waals surface area (Å²) in [5, 5.41) is 9.83. The van der Waals surface area contributed by atoms with Gasteiger partial charge >= 0.3 is 0 Å². The lowest BCUT2D eigenvalue weighted by Gasteiger charge is -2.28. The van der Waals surface area contributed by atoms with Gasteiger partial charge in [0.05, 0.1) is 12.4 Å². The van der Waals surface area contributed by atoms with Gasteiger partial charge in [0.15, 0.2) is 0 Å². The summed E-state index contributed by atoms with van der Waals surface area (Å²) in [6.07, 6.45) is 1.77. The van der Waals surface area contributed by atoms with E-state index in [4.69, 9.17) is 0 Å². The van der Waals surface area contributed by atoms with Crippen LogP contribution in [-0.2, 0) is 0 Å². The molecule has 1 aliphatic rings. The summed E-state index contributed by atoms with van der Waals surface area (Å²) in [5.41, 5.74) is -0.134. The van der Waals surface area contributed by atoms with Crippen molar-refractivity contribution in [2.24, 2.45) is 0 Å². The van der Waals surface area contributed by atoms with Crippen molar-refractivity contribution in [1.82, 2.24) is 14.9 Å². The summed E-state index contributed by atoms with van der Waals surface area (Å²) in [7, 11) is 4.00. The number of anilines is 1. The minimum atomic E-state index is -0.355. The average Bonchev–Trinajstić information content (AvgIpc) is 2.62. The van der Waals surface area contributed by atoms with Crippen molar-refractivity contribution in [2.45, 2.75) is 18.6 Å². The molecule has 1 aromatic heterocycles. The first-order valence-electron chi connectivity index (χ1n) is 5.81. The fourth-order valence-corrected chi connectivity index (χ4v) is 2.92. The van der Waals surface area contributed by atoms with Crippen LogP contribution in [0.3, 0.4) is 0 Å². The van der Waals surface area contributed by atoms with Gasteiger partial charge in [-0.3, -0.25) is 4.79 Å². The molecule has 1 aliphatic heterocycles. The van der Waals surface area contributed by atoms with Gasteiger partial charge in [0, 0.05) is 19.1 Å². The summed E-state index contributed by atoms with van der Waals surface area (Å²) >= 11 is 2.00. The number of halogens is 1. The van der Waals surface area contributed by atoms with Gasteiger partial charge in [0.2, 0.25) is 0 Å². The van der Waals surface area contributed by atoms with E-state index in [1.54, 1.807) is 0 Å². The Kier molecular flexibility index (Phi) is 4.23. The molecule has 1 fully saturated rings. The number of aliphatic hydroxyl groups is 1. The van der Waals surface area contributed by atoms with Crippen LogP contribution in [-0.4, -0.2) is 59.3 Å². The van der Waals surface area contributed by atoms with Gasteiger partial charge in [-0.1, -0.05) is 0 Å². The molecule has 0 aromatic carbocycles. The summed E-state index contributed by atoms with van der Waals surface area (Å²) < 4.78 is 0.577. The highest BCUT2D eigenvalue weighted by Crippen LogP contribution is 2.26. The second-order valence-corrected chi connectivity index (χ2v) is 5.91. The van der Waals surface area contributed by atoms with Crippen molar-refractivity contribution in [1.29, 1.82) is 0 Å². The van der Waals surface area contributed by atoms with E-state index < -0.39 is 0 Å². The van der Waals surface area contributed by atoms with E-state index in [-0.39, 0.29) is 17.7 Å². The second kappa shape index (κ2) is 5.54. The molecule has 0 bridgehead atoms. The van der Waals surface area contributed by atoms with Crippen molar-refractivity contribution in [3.8, 4) is 0 Å². The third kappa shape index (κ3) is 2.83. The van der Waals surface area contributed by atoms with Crippen LogP contribution in [0.5, 0.6) is 0 Å². The Morgan fingerprint density at radius 2 is 2.39 bits per heavy atom. The molecule has 0 spiro atoms. The topological polar surface area (TPSA) is 72.5 Å². The molecule has 1 aromatic rings. The molecule has 1 saturated heterocycles. The molecule has 7 heteroatoms. The van der Waals surface area contributed by atoms with E-state index in [0.717, 1.165) is 6.54 Å². The van der Waals surface area contributed by atoms with Crippen molar-refractivity contribution < 1.29 is 5.11 Å². The molecule has 2 unspecified atom stereocenters. The van der Waals surface area contributed by atoms with Gasteiger partial charge in [0.25, 0.3) is 5.56 Å². The molecule has 6 nitrogen and oxygen atoms in total. The first-order valence-corrected chi connectivity index (χ1v) is 6.89. The Hall–Kier alpha value is -0.670. The first-order chi connectivity index (χ1) is 8.49. The van der Waals surface area contributed by atoms with Crippen molar-refractivity contribution >= 4 is 28.4 Å². The maximum absolute atomic E-state index is 11.6. The highest BCUT2D eigenvalue weighted by atomic mass is 127. The monoisotopic (exact) mass is 364 g/mol. The average molecular weight is 364 g/mol. The van der Waals surface area contributed by atoms with Crippen LogP contribution in [0.4, 0.5) is 5.82 Å². The van der Waals surface area contributed by atoms with Gasteiger partial charge in [-0.2, -0.15) is 0 Å². The molecule has 2 N–H and O–H groups in total. The van der Waals surface area contributed by atoms with Crippen LogP contribution in [0.1, 0.15) is 6.42 Å². The normalized spacial score (nSPS) is 23.9. The minimum absolute atomic E-state index is 0.134. The molecular formula is C11H17IN4O2. The van der Waals surface area contributed by atoms with E-state index in [2.05, 4.69) is 14.9 Å². The number of nitrogens with zero attached hydrogens (tertiary/aromatic N) is 3. The number of aromatic nitrogens is 2. The highest BCUT2D eigenvalue weighted by Gasteiger charge is 2.33. The van der Waals surface area contributed by atoms with E-state index in [0.29, 0.717) is 22.4 Å². The Morgan fingerprint density at radius 3 is 3.06 bits per heavy atom. The highest BCUT2D eigenvalue weighted by molar-refractivity contribution is 14.1. The Balaban J connectivity index is 2.30. The Labute approximate surface area is 119 Å².